The summed E-state index contributed by atoms with van der Waals surface area (Å²) in [6.45, 7) is 6.16. The molecule has 0 saturated carbocycles. The highest BCUT2D eigenvalue weighted by Gasteiger charge is 2.06. The molecule has 1 saturated heterocycles. The summed E-state index contributed by atoms with van der Waals surface area (Å²) in [5.74, 6) is 0. The van der Waals surface area contributed by atoms with Crippen LogP contribution in [0.3, 0.4) is 0 Å². The summed E-state index contributed by atoms with van der Waals surface area (Å²) in [5, 5.41) is 0. The third-order valence-corrected chi connectivity index (χ3v) is 1.65. The zero-order valence-corrected chi connectivity index (χ0v) is 6.21. The second-order valence-electron chi connectivity index (χ2n) is 2.14. The summed E-state index contributed by atoms with van der Waals surface area (Å²) < 4.78 is 0. The van der Waals surface area contributed by atoms with Gasteiger partial charge in [-0.3, -0.25) is 0 Å². The first-order chi connectivity index (χ1) is 3.43. The molecule has 0 amide bonds. The molecule has 0 aromatic carbocycles. The van der Waals surface area contributed by atoms with Crippen LogP contribution in [0.1, 0.15) is 19.8 Å². The topological polar surface area (TPSA) is 3.24 Å². The molecule has 0 unspecified atom stereocenters. The number of hydrogen-bond acceptors (Lipinski definition) is 1. The van der Waals surface area contributed by atoms with E-state index in [0.717, 1.165) is 0 Å². The standard InChI is InChI=1S/C6H13N.ClH/c1-2-7-5-3-4-6-7;/h2-6H2,1H3;1H. The van der Waals surface area contributed by atoms with Crippen molar-refractivity contribution in [3.63, 3.8) is 0 Å². The van der Waals surface area contributed by atoms with Crippen molar-refractivity contribution < 1.29 is 0 Å². The van der Waals surface area contributed by atoms with Crippen molar-refractivity contribution in [3.05, 3.63) is 0 Å². The molecule has 2 heteroatoms. The van der Waals surface area contributed by atoms with Gasteiger partial charge in [-0.1, -0.05) is 6.92 Å². The first-order valence-electron chi connectivity index (χ1n) is 3.16. The summed E-state index contributed by atoms with van der Waals surface area (Å²) in [7, 11) is 0. The van der Waals surface area contributed by atoms with Gasteiger partial charge in [0.05, 0.1) is 0 Å². The minimum atomic E-state index is 0. The second-order valence-corrected chi connectivity index (χ2v) is 2.14. The first-order valence-corrected chi connectivity index (χ1v) is 3.16. The van der Waals surface area contributed by atoms with E-state index >= 15 is 0 Å². The lowest BCUT2D eigenvalue weighted by Gasteiger charge is -2.08. The van der Waals surface area contributed by atoms with Crippen LogP contribution >= 0.6 is 12.4 Å². The van der Waals surface area contributed by atoms with Crippen molar-refractivity contribution in [2.75, 3.05) is 19.6 Å². The maximum atomic E-state index is 2.49. The average molecular weight is 136 g/mol. The van der Waals surface area contributed by atoms with Crippen molar-refractivity contribution in [1.82, 2.24) is 4.90 Å². The van der Waals surface area contributed by atoms with E-state index in [9.17, 15) is 0 Å². The molecule has 0 radical (unpaired) electrons. The Bertz CT molecular complexity index is 50.5. The van der Waals surface area contributed by atoms with E-state index in [0.29, 0.717) is 0 Å². The smallest absolute Gasteiger partial charge is 0.00184 e. The summed E-state index contributed by atoms with van der Waals surface area (Å²) in [4.78, 5) is 2.49. The highest BCUT2D eigenvalue weighted by molar-refractivity contribution is 5.85. The van der Waals surface area contributed by atoms with E-state index in [1.54, 1.807) is 0 Å². The van der Waals surface area contributed by atoms with Crippen LogP contribution in [0.25, 0.3) is 0 Å². The predicted molar refractivity (Wildman–Crippen MR) is 38.6 cm³/mol. The minimum absolute atomic E-state index is 0. The quantitative estimate of drug-likeness (QED) is 0.527. The molecule has 0 spiro atoms. The highest BCUT2D eigenvalue weighted by atomic mass is 35.5. The molecule has 0 aliphatic carbocycles. The van der Waals surface area contributed by atoms with Crippen LogP contribution in [0, 0.1) is 0 Å². The number of halogens is 1. The van der Waals surface area contributed by atoms with Crippen LogP contribution < -0.4 is 0 Å². The Labute approximate surface area is 57.5 Å². The molecule has 0 bridgehead atoms. The van der Waals surface area contributed by atoms with Gasteiger partial charge in [-0.2, -0.15) is 0 Å². The van der Waals surface area contributed by atoms with Crippen molar-refractivity contribution >= 4 is 12.4 Å². The SMILES string of the molecule is CCN1CCCC1.Cl. The van der Waals surface area contributed by atoms with Gasteiger partial charge in [-0.15, -0.1) is 12.4 Å². The zero-order valence-electron chi connectivity index (χ0n) is 5.39. The number of hydrogen-bond donors (Lipinski definition) is 0. The lowest BCUT2D eigenvalue weighted by molar-refractivity contribution is 0.359. The third kappa shape index (κ3) is 2.01. The van der Waals surface area contributed by atoms with Gasteiger partial charge in [0, 0.05) is 0 Å². The van der Waals surface area contributed by atoms with E-state index in [1.807, 2.05) is 0 Å². The van der Waals surface area contributed by atoms with Crippen molar-refractivity contribution in [2.45, 2.75) is 19.8 Å². The van der Waals surface area contributed by atoms with Gasteiger partial charge in [-0.05, 0) is 32.5 Å². The Morgan fingerprint density at radius 1 is 1.25 bits per heavy atom. The van der Waals surface area contributed by atoms with Crippen LogP contribution in [0.4, 0.5) is 0 Å². The van der Waals surface area contributed by atoms with Crippen molar-refractivity contribution in [3.8, 4) is 0 Å². The van der Waals surface area contributed by atoms with E-state index in [4.69, 9.17) is 0 Å². The maximum absolute atomic E-state index is 2.49. The molecule has 0 N–H and O–H groups in total. The third-order valence-electron chi connectivity index (χ3n) is 1.65. The first kappa shape index (κ1) is 8.25. The normalized spacial score (nSPS) is 20.6. The Morgan fingerprint density at radius 2 is 1.75 bits per heavy atom. The van der Waals surface area contributed by atoms with Gasteiger partial charge < -0.3 is 4.90 Å². The monoisotopic (exact) mass is 135 g/mol. The summed E-state index contributed by atoms with van der Waals surface area (Å²) >= 11 is 0. The Hall–Kier alpha value is 0.250. The fraction of sp³-hybridized carbons (Fsp3) is 1.00. The molecule has 1 rings (SSSR count). The molecule has 1 nitrogen and oxygen atoms in total. The number of likely N-dealkylation sites (tertiary alicyclic amines) is 1. The molecule has 8 heavy (non-hydrogen) atoms. The van der Waals surface area contributed by atoms with Gasteiger partial charge in [0.1, 0.15) is 0 Å². The van der Waals surface area contributed by atoms with E-state index in [-0.39, 0.29) is 12.4 Å². The number of nitrogens with zero attached hydrogens (tertiary/aromatic N) is 1. The molecule has 0 atom stereocenters. The van der Waals surface area contributed by atoms with Crippen LogP contribution in [0.15, 0.2) is 0 Å². The molecule has 1 aliphatic heterocycles. The van der Waals surface area contributed by atoms with Gasteiger partial charge in [0.25, 0.3) is 0 Å². The lowest BCUT2D eigenvalue weighted by atomic mass is 10.4. The average Bonchev–Trinajstić information content (AvgIpc) is 2.14. The lowest BCUT2D eigenvalue weighted by Crippen LogP contribution is -2.17. The molecule has 50 valence electrons. The van der Waals surface area contributed by atoms with E-state index < -0.39 is 0 Å². The fourth-order valence-corrected chi connectivity index (χ4v) is 1.10. The van der Waals surface area contributed by atoms with E-state index in [1.165, 1.54) is 32.5 Å². The fourth-order valence-electron chi connectivity index (χ4n) is 1.10. The summed E-state index contributed by atoms with van der Waals surface area (Å²) in [6.07, 6.45) is 2.85. The molecule has 1 aliphatic rings. The van der Waals surface area contributed by atoms with Crippen molar-refractivity contribution in [2.24, 2.45) is 0 Å². The van der Waals surface area contributed by atoms with Crippen LogP contribution in [-0.2, 0) is 0 Å². The minimum Gasteiger partial charge on any atom is -0.304 e. The van der Waals surface area contributed by atoms with Gasteiger partial charge in [-0.25, -0.2) is 0 Å². The summed E-state index contributed by atoms with van der Waals surface area (Å²) in [6, 6.07) is 0. The van der Waals surface area contributed by atoms with Crippen LogP contribution in [0.2, 0.25) is 0 Å². The molecule has 1 fully saturated rings. The molecule has 1 heterocycles. The maximum Gasteiger partial charge on any atom is -0.00184 e. The molecule has 0 aromatic rings. The highest BCUT2D eigenvalue weighted by Crippen LogP contribution is 2.04. The Morgan fingerprint density at radius 3 is 2.00 bits per heavy atom. The van der Waals surface area contributed by atoms with Gasteiger partial charge >= 0.3 is 0 Å². The molecule has 0 aromatic heterocycles. The Kier molecular flexibility index (Phi) is 4.29. The molecular weight excluding hydrogens is 122 g/mol. The Balaban J connectivity index is 0.000000490. The number of rotatable bonds is 1. The van der Waals surface area contributed by atoms with E-state index in [2.05, 4.69) is 11.8 Å². The predicted octanol–water partition coefficient (Wildman–Crippen LogP) is 1.52. The van der Waals surface area contributed by atoms with Crippen LogP contribution in [-0.4, -0.2) is 24.5 Å². The molecular formula is C6H14ClN. The summed E-state index contributed by atoms with van der Waals surface area (Å²) in [5.41, 5.74) is 0. The largest absolute Gasteiger partial charge is 0.304 e. The second kappa shape index (κ2) is 4.16. The van der Waals surface area contributed by atoms with Gasteiger partial charge in [0.2, 0.25) is 0 Å². The zero-order chi connectivity index (χ0) is 5.11. The van der Waals surface area contributed by atoms with Gasteiger partial charge in [0.15, 0.2) is 0 Å². The van der Waals surface area contributed by atoms with Crippen molar-refractivity contribution in [1.29, 1.82) is 0 Å². The van der Waals surface area contributed by atoms with Crippen LogP contribution in [0.5, 0.6) is 0 Å².